The number of nitrogens with two attached hydrogens (primary N) is 1. The van der Waals surface area contributed by atoms with Crippen molar-refractivity contribution in [2.45, 2.75) is 12.9 Å². The number of fused-ring (bicyclic) bond motifs is 1. The monoisotopic (exact) mass is 245 g/mol. The van der Waals surface area contributed by atoms with E-state index in [2.05, 4.69) is 4.98 Å². The van der Waals surface area contributed by atoms with Gasteiger partial charge in [-0.1, -0.05) is 6.07 Å². The van der Waals surface area contributed by atoms with Crippen LogP contribution in [0.15, 0.2) is 18.2 Å². The first-order valence-corrected chi connectivity index (χ1v) is 4.76. The topological polar surface area (TPSA) is 53.1 Å². The highest BCUT2D eigenvalue weighted by Gasteiger charge is 2.37. The Kier molecular flexibility index (Phi) is 2.70. The lowest BCUT2D eigenvalue weighted by Gasteiger charge is -2.09. The second kappa shape index (κ2) is 3.92. The molecule has 7 heteroatoms. The predicted molar refractivity (Wildman–Crippen MR) is 56.2 cm³/mol. The summed E-state index contributed by atoms with van der Waals surface area (Å²) in [6.45, 7) is -0.227. The van der Waals surface area contributed by atoms with E-state index >= 15 is 0 Å². The molecule has 92 valence electrons. The van der Waals surface area contributed by atoms with Crippen LogP contribution in [0.1, 0.15) is 5.82 Å². The van der Waals surface area contributed by atoms with Crippen LogP contribution in [0.2, 0.25) is 0 Å². The first-order chi connectivity index (χ1) is 7.95. The number of nitrogen functional groups attached to an aromatic ring is 1. The van der Waals surface area contributed by atoms with E-state index in [-0.39, 0.29) is 17.9 Å². The number of alkyl halides is 3. The van der Waals surface area contributed by atoms with Crippen LogP contribution in [0.25, 0.3) is 11.0 Å². The molecule has 0 saturated carbocycles. The molecular weight excluding hydrogens is 235 g/mol. The van der Waals surface area contributed by atoms with Crippen LogP contribution in [0.3, 0.4) is 0 Å². The molecule has 0 spiro atoms. The van der Waals surface area contributed by atoms with Crippen molar-refractivity contribution in [2.75, 3.05) is 12.8 Å². The number of ether oxygens (including phenoxy) is 1. The molecule has 0 radical (unpaired) electrons. The van der Waals surface area contributed by atoms with Gasteiger partial charge < -0.3 is 10.5 Å². The van der Waals surface area contributed by atoms with Crippen LogP contribution in [-0.2, 0) is 17.6 Å². The number of rotatable bonds is 2. The van der Waals surface area contributed by atoms with Gasteiger partial charge in [0.2, 0.25) is 5.82 Å². The minimum absolute atomic E-state index is 0.136. The summed E-state index contributed by atoms with van der Waals surface area (Å²) in [5, 5.41) is 0. The number of imidazole rings is 1. The van der Waals surface area contributed by atoms with Crippen molar-refractivity contribution < 1.29 is 17.9 Å². The Morgan fingerprint density at radius 1 is 1.41 bits per heavy atom. The van der Waals surface area contributed by atoms with Gasteiger partial charge in [-0.15, -0.1) is 0 Å². The predicted octanol–water partition coefficient (Wildman–Crippen LogP) is 2.24. The Bertz CT molecular complexity index is 547. The van der Waals surface area contributed by atoms with Gasteiger partial charge in [0.25, 0.3) is 0 Å². The van der Waals surface area contributed by atoms with Crippen molar-refractivity contribution in [3.63, 3.8) is 0 Å². The molecule has 1 heterocycles. The fourth-order valence-electron chi connectivity index (χ4n) is 1.64. The normalized spacial score (nSPS) is 12.2. The molecule has 1 aromatic carbocycles. The summed E-state index contributed by atoms with van der Waals surface area (Å²) in [7, 11) is 1.32. The van der Waals surface area contributed by atoms with E-state index in [0.717, 1.165) is 4.57 Å². The molecule has 2 aromatic rings. The third-order valence-electron chi connectivity index (χ3n) is 2.32. The summed E-state index contributed by atoms with van der Waals surface area (Å²) in [5.74, 6) is -1.01. The van der Waals surface area contributed by atoms with Crippen LogP contribution >= 0.6 is 0 Å². The zero-order valence-corrected chi connectivity index (χ0v) is 8.95. The SMILES string of the molecule is COCn1c(C(F)(F)F)nc2c(N)cccc21. The van der Waals surface area contributed by atoms with Gasteiger partial charge in [0, 0.05) is 7.11 Å². The maximum atomic E-state index is 12.8. The van der Waals surface area contributed by atoms with Crippen molar-refractivity contribution in [1.29, 1.82) is 0 Å². The Balaban J connectivity index is 2.75. The summed E-state index contributed by atoms with van der Waals surface area (Å²) in [5.41, 5.74) is 6.25. The van der Waals surface area contributed by atoms with E-state index in [9.17, 15) is 13.2 Å². The number of para-hydroxylation sites is 1. The van der Waals surface area contributed by atoms with Crippen LogP contribution in [-0.4, -0.2) is 16.7 Å². The number of nitrogens with zero attached hydrogens (tertiary/aromatic N) is 2. The summed E-state index contributed by atoms with van der Waals surface area (Å²) in [6, 6.07) is 4.60. The molecule has 2 N–H and O–H groups in total. The van der Waals surface area contributed by atoms with Gasteiger partial charge in [-0.2, -0.15) is 13.2 Å². The molecule has 0 unspecified atom stereocenters. The minimum atomic E-state index is -4.54. The third-order valence-corrected chi connectivity index (χ3v) is 2.32. The van der Waals surface area contributed by atoms with Gasteiger partial charge in [0.15, 0.2) is 0 Å². The van der Waals surface area contributed by atoms with Gasteiger partial charge >= 0.3 is 6.18 Å². The maximum absolute atomic E-state index is 12.8. The van der Waals surface area contributed by atoms with Crippen LogP contribution < -0.4 is 5.73 Å². The number of hydrogen-bond donors (Lipinski definition) is 1. The van der Waals surface area contributed by atoms with Crippen molar-refractivity contribution in [3.8, 4) is 0 Å². The van der Waals surface area contributed by atoms with E-state index in [4.69, 9.17) is 10.5 Å². The molecule has 2 rings (SSSR count). The Hall–Kier alpha value is -1.76. The number of hydrogen-bond acceptors (Lipinski definition) is 3. The number of anilines is 1. The van der Waals surface area contributed by atoms with E-state index in [1.165, 1.54) is 19.2 Å². The molecule has 0 aliphatic carbocycles. The first-order valence-electron chi connectivity index (χ1n) is 4.76. The second-order valence-corrected chi connectivity index (χ2v) is 3.49. The molecule has 0 aliphatic rings. The van der Waals surface area contributed by atoms with Gasteiger partial charge in [-0.25, -0.2) is 4.98 Å². The third kappa shape index (κ3) is 1.93. The van der Waals surface area contributed by atoms with Crippen LogP contribution in [0, 0.1) is 0 Å². The van der Waals surface area contributed by atoms with Crippen molar-refractivity contribution >= 4 is 16.7 Å². The molecule has 0 atom stereocenters. The molecule has 0 aliphatic heterocycles. The fourth-order valence-corrected chi connectivity index (χ4v) is 1.64. The minimum Gasteiger partial charge on any atom is -0.397 e. The molecule has 0 saturated heterocycles. The molecule has 0 bridgehead atoms. The lowest BCUT2D eigenvalue weighted by Crippen LogP contribution is -2.15. The van der Waals surface area contributed by atoms with Crippen molar-refractivity contribution in [3.05, 3.63) is 24.0 Å². The highest BCUT2D eigenvalue weighted by atomic mass is 19.4. The smallest absolute Gasteiger partial charge is 0.397 e. The number of aromatic nitrogens is 2. The van der Waals surface area contributed by atoms with Gasteiger partial charge in [0.1, 0.15) is 12.2 Å². The zero-order chi connectivity index (χ0) is 12.6. The van der Waals surface area contributed by atoms with Crippen LogP contribution in [0.5, 0.6) is 0 Å². The Morgan fingerprint density at radius 3 is 2.71 bits per heavy atom. The molecule has 4 nitrogen and oxygen atoms in total. The van der Waals surface area contributed by atoms with Gasteiger partial charge in [-0.3, -0.25) is 4.57 Å². The lowest BCUT2D eigenvalue weighted by atomic mass is 10.3. The number of benzene rings is 1. The summed E-state index contributed by atoms with van der Waals surface area (Å²) >= 11 is 0. The van der Waals surface area contributed by atoms with E-state index in [1.54, 1.807) is 6.07 Å². The number of methoxy groups -OCH3 is 1. The standard InChI is InChI=1S/C10H10F3N3O/c1-17-5-16-7-4-2-3-6(14)8(7)15-9(16)10(11,12)13/h2-4H,5,14H2,1H3. The average molecular weight is 245 g/mol. The maximum Gasteiger partial charge on any atom is 0.449 e. The molecule has 0 fully saturated rings. The summed E-state index contributed by atoms with van der Waals surface area (Å²) < 4.78 is 44.0. The molecular formula is C10H10F3N3O. The highest BCUT2D eigenvalue weighted by molar-refractivity contribution is 5.87. The van der Waals surface area contributed by atoms with Gasteiger partial charge in [0.05, 0.1) is 11.2 Å². The zero-order valence-electron chi connectivity index (χ0n) is 8.95. The van der Waals surface area contributed by atoms with E-state index < -0.39 is 12.0 Å². The van der Waals surface area contributed by atoms with E-state index in [0.29, 0.717) is 5.52 Å². The number of halogens is 3. The largest absolute Gasteiger partial charge is 0.449 e. The summed E-state index contributed by atoms with van der Waals surface area (Å²) in [6.07, 6.45) is -4.54. The highest BCUT2D eigenvalue weighted by Crippen LogP contribution is 2.32. The van der Waals surface area contributed by atoms with Crippen molar-refractivity contribution in [2.24, 2.45) is 0 Å². The Labute approximate surface area is 94.8 Å². The fraction of sp³-hybridized carbons (Fsp3) is 0.300. The Morgan fingerprint density at radius 2 is 2.12 bits per heavy atom. The van der Waals surface area contributed by atoms with Crippen LogP contribution in [0.4, 0.5) is 18.9 Å². The molecule has 17 heavy (non-hydrogen) atoms. The second-order valence-electron chi connectivity index (χ2n) is 3.49. The quantitative estimate of drug-likeness (QED) is 0.825. The first kappa shape index (κ1) is 11.7. The van der Waals surface area contributed by atoms with Crippen molar-refractivity contribution in [1.82, 2.24) is 9.55 Å². The van der Waals surface area contributed by atoms with E-state index in [1.807, 2.05) is 0 Å². The average Bonchev–Trinajstić information content (AvgIpc) is 2.59. The molecule has 0 amide bonds. The lowest BCUT2D eigenvalue weighted by molar-refractivity contribution is -0.148. The van der Waals surface area contributed by atoms with Gasteiger partial charge in [-0.05, 0) is 12.1 Å². The summed E-state index contributed by atoms with van der Waals surface area (Å²) in [4.78, 5) is 3.54. The molecule has 1 aromatic heterocycles.